The van der Waals surface area contributed by atoms with Crippen molar-refractivity contribution in [1.82, 2.24) is 15.3 Å². The number of rotatable bonds is 2. The highest BCUT2D eigenvalue weighted by Crippen LogP contribution is 2.05. The van der Waals surface area contributed by atoms with Crippen molar-refractivity contribution in [3.63, 3.8) is 0 Å². The Hall–Kier alpha value is -0.870. The molecule has 1 aliphatic heterocycles. The van der Waals surface area contributed by atoms with Gasteiger partial charge in [0.15, 0.2) is 0 Å². The van der Waals surface area contributed by atoms with E-state index in [1.165, 1.54) is 0 Å². The Bertz CT molecular complexity index is 286. The largest absolute Gasteiger partial charge is 0.350 e. The highest BCUT2D eigenvalue weighted by molar-refractivity contribution is 5.85. The number of aryl methyl sites for hydroxylation is 1. The fraction of sp³-hybridized carbons (Fsp3) is 0.556. The van der Waals surface area contributed by atoms with E-state index in [2.05, 4.69) is 20.6 Å². The Labute approximate surface area is 89.9 Å². The minimum Gasteiger partial charge on any atom is -0.350 e. The molecule has 2 N–H and O–H groups in total. The summed E-state index contributed by atoms with van der Waals surface area (Å²) in [5.74, 6) is 0.744. The summed E-state index contributed by atoms with van der Waals surface area (Å²) in [5, 5.41) is 6.59. The average molecular weight is 215 g/mol. The van der Waals surface area contributed by atoms with Crippen LogP contribution in [-0.2, 0) is 0 Å². The Morgan fingerprint density at radius 2 is 2.43 bits per heavy atom. The molecule has 1 saturated heterocycles. The molecule has 1 fully saturated rings. The van der Waals surface area contributed by atoms with Gasteiger partial charge in [0.2, 0.25) is 5.95 Å². The van der Waals surface area contributed by atoms with Crippen LogP contribution in [0.4, 0.5) is 5.95 Å². The molecule has 1 aliphatic rings. The molecule has 4 nitrogen and oxygen atoms in total. The predicted molar refractivity (Wildman–Crippen MR) is 58.9 cm³/mol. The zero-order valence-corrected chi connectivity index (χ0v) is 8.97. The molecule has 0 aliphatic carbocycles. The second kappa shape index (κ2) is 5.12. The number of hydrogen-bond acceptors (Lipinski definition) is 4. The first-order chi connectivity index (χ1) is 6.34. The standard InChI is InChI=1S/C9H14N4.ClH/c1-7-2-5-11-9(12-7)13-8-3-4-10-6-8;/h2,5,8,10H,3-4,6H2,1H3,(H,11,12,13);1H/t8-;/m0./s1. The molecule has 2 rings (SSSR count). The molecule has 0 bridgehead atoms. The molecule has 0 amide bonds. The monoisotopic (exact) mass is 214 g/mol. The third-order valence-corrected chi connectivity index (χ3v) is 2.19. The third kappa shape index (κ3) is 2.82. The summed E-state index contributed by atoms with van der Waals surface area (Å²) in [6, 6.07) is 2.39. The Kier molecular flexibility index (Phi) is 4.10. The Balaban J connectivity index is 0.000000980. The molecule has 2 heterocycles. The number of hydrogen-bond donors (Lipinski definition) is 2. The molecule has 0 spiro atoms. The van der Waals surface area contributed by atoms with Crippen LogP contribution >= 0.6 is 12.4 Å². The Morgan fingerprint density at radius 1 is 1.57 bits per heavy atom. The van der Waals surface area contributed by atoms with Crippen LogP contribution in [0.5, 0.6) is 0 Å². The van der Waals surface area contributed by atoms with E-state index in [-0.39, 0.29) is 12.4 Å². The van der Waals surface area contributed by atoms with Gasteiger partial charge in [-0.25, -0.2) is 9.97 Å². The maximum atomic E-state index is 4.29. The molecule has 1 atom stereocenters. The summed E-state index contributed by atoms with van der Waals surface area (Å²) in [6.07, 6.45) is 2.93. The summed E-state index contributed by atoms with van der Waals surface area (Å²) in [4.78, 5) is 8.44. The number of nitrogens with one attached hydrogen (secondary N) is 2. The van der Waals surface area contributed by atoms with Crippen LogP contribution in [-0.4, -0.2) is 29.1 Å². The van der Waals surface area contributed by atoms with Crippen LogP contribution in [0, 0.1) is 6.92 Å². The summed E-state index contributed by atoms with van der Waals surface area (Å²) >= 11 is 0. The second-order valence-corrected chi connectivity index (χ2v) is 3.36. The van der Waals surface area contributed by atoms with Crippen molar-refractivity contribution in [1.29, 1.82) is 0 Å². The van der Waals surface area contributed by atoms with E-state index in [0.29, 0.717) is 6.04 Å². The van der Waals surface area contributed by atoms with E-state index in [4.69, 9.17) is 0 Å². The molecule has 1 aromatic heterocycles. The summed E-state index contributed by atoms with van der Waals surface area (Å²) in [7, 11) is 0. The molecule has 0 radical (unpaired) electrons. The lowest BCUT2D eigenvalue weighted by molar-refractivity contribution is 0.779. The first-order valence-corrected chi connectivity index (χ1v) is 4.61. The predicted octanol–water partition coefficient (Wildman–Crippen LogP) is 0.981. The van der Waals surface area contributed by atoms with E-state index in [0.717, 1.165) is 31.2 Å². The second-order valence-electron chi connectivity index (χ2n) is 3.36. The summed E-state index contributed by atoms with van der Waals surface area (Å²) in [5.41, 5.74) is 1.00. The van der Waals surface area contributed by atoms with Gasteiger partial charge in [0.05, 0.1) is 0 Å². The van der Waals surface area contributed by atoms with Crippen LogP contribution in [0.15, 0.2) is 12.3 Å². The zero-order chi connectivity index (χ0) is 9.10. The van der Waals surface area contributed by atoms with Gasteiger partial charge in [-0.3, -0.25) is 0 Å². The maximum Gasteiger partial charge on any atom is 0.223 e. The van der Waals surface area contributed by atoms with Gasteiger partial charge in [0, 0.05) is 24.5 Å². The van der Waals surface area contributed by atoms with Crippen LogP contribution in [0.2, 0.25) is 0 Å². The summed E-state index contributed by atoms with van der Waals surface area (Å²) < 4.78 is 0. The maximum absolute atomic E-state index is 4.29. The van der Waals surface area contributed by atoms with Crippen LogP contribution in [0.3, 0.4) is 0 Å². The first-order valence-electron chi connectivity index (χ1n) is 4.61. The SMILES string of the molecule is Cc1ccnc(N[C@H]2CCNC2)n1.Cl. The Morgan fingerprint density at radius 3 is 3.07 bits per heavy atom. The molecule has 0 saturated carbocycles. The molecule has 78 valence electrons. The first kappa shape index (κ1) is 11.2. The number of halogens is 1. The lowest BCUT2D eigenvalue weighted by Crippen LogP contribution is -2.23. The highest BCUT2D eigenvalue weighted by Gasteiger charge is 2.14. The number of anilines is 1. The number of nitrogens with zero attached hydrogens (tertiary/aromatic N) is 2. The van der Waals surface area contributed by atoms with Gasteiger partial charge >= 0.3 is 0 Å². The van der Waals surface area contributed by atoms with Gasteiger partial charge in [0.25, 0.3) is 0 Å². The van der Waals surface area contributed by atoms with Gasteiger partial charge in [-0.15, -0.1) is 12.4 Å². The lowest BCUT2D eigenvalue weighted by Gasteiger charge is -2.10. The minimum absolute atomic E-state index is 0. The normalized spacial score (nSPS) is 20.2. The lowest BCUT2D eigenvalue weighted by atomic mass is 10.3. The minimum atomic E-state index is 0. The van der Waals surface area contributed by atoms with E-state index in [9.17, 15) is 0 Å². The van der Waals surface area contributed by atoms with Gasteiger partial charge in [-0.1, -0.05) is 0 Å². The van der Waals surface area contributed by atoms with E-state index >= 15 is 0 Å². The molecular weight excluding hydrogens is 200 g/mol. The number of aromatic nitrogens is 2. The van der Waals surface area contributed by atoms with Crippen molar-refractivity contribution in [3.05, 3.63) is 18.0 Å². The van der Waals surface area contributed by atoms with Crippen molar-refractivity contribution >= 4 is 18.4 Å². The van der Waals surface area contributed by atoms with E-state index in [1.54, 1.807) is 6.20 Å². The fourth-order valence-corrected chi connectivity index (χ4v) is 1.48. The van der Waals surface area contributed by atoms with Crippen LogP contribution in [0.25, 0.3) is 0 Å². The van der Waals surface area contributed by atoms with Crippen LogP contribution < -0.4 is 10.6 Å². The highest BCUT2D eigenvalue weighted by atomic mass is 35.5. The van der Waals surface area contributed by atoms with Crippen molar-refractivity contribution in [2.75, 3.05) is 18.4 Å². The van der Waals surface area contributed by atoms with E-state index in [1.807, 2.05) is 13.0 Å². The molecule has 14 heavy (non-hydrogen) atoms. The van der Waals surface area contributed by atoms with Crippen molar-refractivity contribution < 1.29 is 0 Å². The zero-order valence-electron chi connectivity index (χ0n) is 8.16. The molecular formula is C9H15ClN4. The smallest absolute Gasteiger partial charge is 0.223 e. The van der Waals surface area contributed by atoms with Crippen molar-refractivity contribution in [3.8, 4) is 0 Å². The van der Waals surface area contributed by atoms with Gasteiger partial charge in [-0.05, 0) is 26.0 Å². The fourth-order valence-electron chi connectivity index (χ4n) is 1.48. The molecule has 1 aromatic rings. The third-order valence-electron chi connectivity index (χ3n) is 2.19. The van der Waals surface area contributed by atoms with Gasteiger partial charge in [0.1, 0.15) is 0 Å². The van der Waals surface area contributed by atoms with Gasteiger partial charge < -0.3 is 10.6 Å². The van der Waals surface area contributed by atoms with Crippen molar-refractivity contribution in [2.24, 2.45) is 0 Å². The van der Waals surface area contributed by atoms with Crippen molar-refractivity contribution in [2.45, 2.75) is 19.4 Å². The topological polar surface area (TPSA) is 49.8 Å². The van der Waals surface area contributed by atoms with E-state index < -0.39 is 0 Å². The molecule has 0 aromatic carbocycles. The van der Waals surface area contributed by atoms with Crippen LogP contribution in [0.1, 0.15) is 12.1 Å². The molecule has 5 heteroatoms. The quantitative estimate of drug-likeness (QED) is 0.771. The summed E-state index contributed by atoms with van der Waals surface area (Å²) in [6.45, 7) is 4.07. The van der Waals surface area contributed by atoms with Gasteiger partial charge in [-0.2, -0.15) is 0 Å². The average Bonchev–Trinajstić information content (AvgIpc) is 2.57. The molecule has 0 unspecified atom stereocenters.